The maximum absolute atomic E-state index is 13.0. The van der Waals surface area contributed by atoms with Gasteiger partial charge in [-0.15, -0.1) is 0 Å². The highest BCUT2D eigenvalue weighted by atomic mass is 16.5. The van der Waals surface area contributed by atoms with E-state index in [-0.39, 0.29) is 17.0 Å². The van der Waals surface area contributed by atoms with Crippen molar-refractivity contribution in [2.75, 3.05) is 34.3 Å². The number of furan rings is 1. The lowest BCUT2D eigenvalue weighted by atomic mass is 9.97. The van der Waals surface area contributed by atoms with Gasteiger partial charge in [0, 0.05) is 17.8 Å². The van der Waals surface area contributed by atoms with E-state index in [9.17, 15) is 19.5 Å². The van der Waals surface area contributed by atoms with Gasteiger partial charge in [-0.25, -0.2) is 4.79 Å². The second-order valence-electron chi connectivity index (χ2n) is 7.78. The number of esters is 1. The highest BCUT2D eigenvalue weighted by Crippen LogP contribution is 2.41. The molecule has 9 nitrogen and oxygen atoms in total. The maximum Gasteiger partial charge on any atom is 0.354 e. The Bertz CT molecular complexity index is 1030. The standard InChI is InChI=1S/C22H27N3O6/c1-12-15(13(2)23-17(12)22(29)30-5)19(26)16-18(14-8-6-11-31-14)25(21(28)20(16)27)10-7-9-24(3)4/h6,8,11,18,23,26H,7,9-10H2,1-5H3/t18-/m1/s1. The number of nitrogens with zero attached hydrogens (tertiary/aromatic N) is 2. The Balaban J connectivity index is 2.12. The fraction of sp³-hybridized carbons (Fsp3) is 0.409. The molecule has 0 saturated carbocycles. The van der Waals surface area contributed by atoms with E-state index in [0.717, 1.165) is 6.54 Å². The van der Waals surface area contributed by atoms with Gasteiger partial charge in [0.2, 0.25) is 0 Å². The van der Waals surface area contributed by atoms with Gasteiger partial charge in [0.1, 0.15) is 23.3 Å². The predicted molar refractivity (Wildman–Crippen MR) is 112 cm³/mol. The van der Waals surface area contributed by atoms with E-state index in [1.54, 1.807) is 26.0 Å². The van der Waals surface area contributed by atoms with Crippen molar-refractivity contribution in [1.82, 2.24) is 14.8 Å². The van der Waals surface area contributed by atoms with Gasteiger partial charge in [-0.2, -0.15) is 0 Å². The number of Topliss-reactive ketones (excluding diaryl/α,β-unsaturated/α-hetero) is 1. The van der Waals surface area contributed by atoms with Crippen molar-refractivity contribution in [3.8, 4) is 0 Å². The molecule has 3 heterocycles. The van der Waals surface area contributed by atoms with E-state index in [1.165, 1.54) is 18.3 Å². The summed E-state index contributed by atoms with van der Waals surface area (Å²) in [6.07, 6.45) is 2.10. The molecule has 2 aromatic heterocycles. The van der Waals surface area contributed by atoms with Crippen LogP contribution in [0, 0.1) is 13.8 Å². The van der Waals surface area contributed by atoms with Crippen molar-refractivity contribution in [3.05, 3.63) is 52.2 Å². The molecule has 1 saturated heterocycles. The number of hydrogen-bond acceptors (Lipinski definition) is 7. The van der Waals surface area contributed by atoms with E-state index in [2.05, 4.69) is 4.98 Å². The monoisotopic (exact) mass is 429 g/mol. The number of ether oxygens (including phenoxy) is 1. The van der Waals surface area contributed by atoms with Crippen molar-refractivity contribution in [1.29, 1.82) is 0 Å². The molecule has 1 fully saturated rings. The SMILES string of the molecule is COC(=O)c1[nH]c(C)c(C(O)=C2C(=O)C(=O)N(CCCN(C)C)[C@@H]2c2ccco2)c1C. The highest BCUT2D eigenvalue weighted by molar-refractivity contribution is 6.46. The Morgan fingerprint density at radius 2 is 2.03 bits per heavy atom. The summed E-state index contributed by atoms with van der Waals surface area (Å²) >= 11 is 0. The minimum atomic E-state index is -0.854. The van der Waals surface area contributed by atoms with Crippen molar-refractivity contribution in [3.63, 3.8) is 0 Å². The molecule has 166 valence electrons. The Morgan fingerprint density at radius 1 is 1.32 bits per heavy atom. The zero-order valence-electron chi connectivity index (χ0n) is 18.3. The summed E-state index contributed by atoms with van der Waals surface area (Å²) in [5, 5.41) is 11.2. The number of aromatic nitrogens is 1. The first-order valence-corrected chi connectivity index (χ1v) is 9.93. The molecule has 0 aliphatic carbocycles. The lowest BCUT2D eigenvalue weighted by Gasteiger charge is -2.24. The summed E-state index contributed by atoms with van der Waals surface area (Å²) in [7, 11) is 5.11. The van der Waals surface area contributed by atoms with E-state index in [1.807, 2.05) is 19.0 Å². The zero-order valence-corrected chi connectivity index (χ0v) is 18.3. The maximum atomic E-state index is 13.0. The van der Waals surface area contributed by atoms with Gasteiger partial charge in [0.05, 0.1) is 18.9 Å². The zero-order chi connectivity index (χ0) is 22.9. The molecule has 2 N–H and O–H groups in total. The fourth-order valence-corrected chi connectivity index (χ4v) is 3.96. The number of amides is 1. The minimum absolute atomic E-state index is 0.0635. The molecular weight excluding hydrogens is 402 g/mol. The fourth-order valence-electron chi connectivity index (χ4n) is 3.96. The molecule has 2 aromatic rings. The molecule has 0 spiro atoms. The van der Waals surface area contributed by atoms with Gasteiger partial charge in [-0.05, 0) is 58.6 Å². The van der Waals surface area contributed by atoms with Gasteiger partial charge in [0.25, 0.3) is 11.7 Å². The van der Waals surface area contributed by atoms with Crippen molar-refractivity contribution < 1.29 is 28.6 Å². The summed E-state index contributed by atoms with van der Waals surface area (Å²) in [5.74, 6) is -2.05. The summed E-state index contributed by atoms with van der Waals surface area (Å²) in [6.45, 7) is 4.36. The number of aliphatic hydroxyl groups is 1. The summed E-state index contributed by atoms with van der Waals surface area (Å²) in [5.41, 5.74) is 1.32. The molecule has 0 bridgehead atoms. The molecule has 3 rings (SSSR count). The van der Waals surface area contributed by atoms with E-state index >= 15 is 0 Å². The highest BCUT2D eigenvalue weighted by Gasteiger charge is 2.47. The van der Waals surface area contributed by atoms with Gasteiger partial charge in [0.15, 0.2) is 0 Å². The lowest BCUT2D eigenvalue weighted by molar-refractivity contribution is -0.140. The van der Waals surface area contributed by atoms with Crippen molar-refractivity contribution in [2.45, 2.75) is 26.3 Å². The van der Waals surface area contributed by atoms with Crippen molar-refractivity contribution in [2.24, 2.45) is 0 Å². The van der Waals surface area contributed by atoms with Gasteiger partial charge >= 0.3 is 5.97 Å². The molecule has 1 aliphatic heterocycles. The first-order chi connectivity index (χ1) is 14.7. The Hall–Kier alpha value is -3.33. The molecule has 31 heavy (non-hydrogen) atoms. The van der Waals surface area contributed by atoms with Gasteiger partial charge in [-0.3, -0.25) is 9.59 Å². The Kier molecular flexibility index (Phi) is 6.35. The third-order valence-corrected chi connectivity index (χ3v) is 5.42. The van der Waals surface area contributed by atoms with E-state index < -0.39 is 23.7 Å². The quantitative estimate of drug-likeness (QED) is 0.300. The van der Waals surface area contributed by atoms with E-state index in [4.69, 9.17) is 9.15 Å². The second kappa shape index (κ2) is 8.81. The first kappa shape index (κ1) is 22.4. The number of nitrogens with one attached hydrogen (secondary N) is 1. The molecule has 1 aliphatic rings. The first-order valence-electron chi connectivity index (χ1n) is 9.93. The van der Waals surface area contributed by atoms with Crippen LogP contribution in [0.25, 0.3) is 5.76 Å². The van der Waals surface area contributed by atoms with E-state index in [0.29, 0.717) is 35.5 Å². The predicted octanol–water partition coefficient (Wildman–Crippen LogP) is 2.38. The number of hydrogen-bond donors (Lipinski definition) is 2. The number of aryl methyl sites for hydroxylation is 1. The normalized spacial score (nSPS) is 18.3. The number of methoxy groups -OCH3 is 1. The number of aliphatic hydroxyl groups excluding tert-OH is 1. The van der Waals surface area contributed by atoms with Crippen molar-refractivity contribution >= 4 is 23.4 Å². The van der Waals surface area contributed by atoms with Crippen LogP contribution in [-0.2, 0) is 14.3 Å². The molecular formula is C22H27N3O6. The van der Waals surface area contributed by atoms with Crippen LogP contribution in [0.1, 0.15) is 45.5 Å². The molecule has 1 amide bonds. The molecule has 9 heteroatoms. The number of ketones is 1. The van der Waals surface area contributed by atoms with Crippen LogP contribution in [0.5, 0.6) is 0 Å². The lowest BCUT2D eigenvalue weighted by Crippen LogP contribution is -2.32. The minimum Gasteiger partial charge on any atom is -0.507 e. The van der Waals surface area contributed by atoms with Gasteiger partial charge in [-0.1, -0.05) is 0 Å². The molecule has 0 unspecified atom stereocenters. The smallest absolute Gasteiger partial charge is 0.354 e. The summed E-state index contributed by atoms with van der Waals surface area (Å²) < 4.78 is 10.3. The topological polar surface area (TPSA) is 116 Å². The van der Waals surface area contributed by atoms with Crippen LogP contribution in [-0.4, -0.2) is 71.8 Å². The van der Waals surface area contributed by atoms with Crippen LogP contribution >= 0.6 is 0 Å². The summed E-state index contributed by atoms with van der Waals surface area (Å²) in [4.78, 5) is 44.2. The van der Waals surface area contributed by atoms with Crippen LogP contribution in [0.2, 0.25) is 0 Å². The average molecular weight is 429 g/mol. The number of aromatic amines is 1. The number of carbonyl (C=O) groups is 3. The Morgan fingerprint density at radius 3 is 2.61 bits per heavy atom. The molecule has 0 aromatic carbocycles. The average Bonchev–Trinajstić information content (AvgIpc) is 3.40. The largest absolute Gasteiger partial charge is 0.507 e. The Labute approximate surface area is 180 Å². The molecule has 0 radical (unpaired) electrons. The third kappa shape index (κ3) is 4.00. The van der Waals surface area contributed by atoms with Crippen LogP contribution < -0.4 is 0 Å². The third-order valence-electron chi connectivity index (χ3n) is 5.42. The number of likely N-dealkylation sites (tertiary alicyclic amines) is 1. The van der Waals surface area contributed by atoms with Crippen LogP contribution in [0.3, 0.4) is 0 Å². The molecule has 1 atom stereocenters. The van der Waals surface area contributed by atoms with Crippen LogP contribution in [0.4, 0.5) is 0 Å². The summed E-state index contributed by atoms with van der Waals surface area (Å²) in [6, 6.07) is 2.48. The number of rotatable bonds is 7. The van der Waals surface area contributed by atoms with Crippen LogP contribution in [0.15, 0.2) is 28.4 Å². The number of carbonyl (C=O) groups excluding carboxylic acids is 3. The van der Waals surface area contributed by atoms with Gasteiger partial charge < -0.3 is 29.0 Å². The number of H-pyrrole nitrogens is 1. The second-order valence-corrected chi connectivity index (χ2v) is 7.78.